The van der Waals surface area contributed by atoms with Gasteiger partial charge in [0.2, 0.25) is 5.91 Å². The van der Waals surface area contributed by atoms with E-state index in [2.05, 4.69) is 21.2 Å². The topological polar surface area (TPSA) is 29.1 Å². The lowest BCUT2D eigenvalue weighted by Crippen LogP contribution is -2.49. The maximum Gasteiger partial charge on any atom is 0.228 e. The van der Waals surface area contributed by atoms with Crippen LogP contribution in [-0.2, 0) is 4.79 Å². The molecule has 1 N–H and O–H groups in total. The Labute approximate surface area is 128 Å². The van der Waals surface area contributed by atoms with Crippen LogP contribution in [0, 0.1) is 29.6 Å². The summed E-state index contributed by atoms with van der Waals surface area (Å²) in [5.41, 5.74) is 0.923. The summed E-state index contributed by atoms with van der Waals surface area (Å²) in [6.07, 6.45) is 6.63. The minimum atomic E-state index is 0.265. The molecule has 0 spiro atoms. The zero-order valence-corrected chi connectivity index (χ0v) is 13.1. The fraction of sp³-hybridized carbons (Fsp3) is 0.588. The Morgan fingerprint density at radius 3 is 2.05 bits per heavy atom. The summed E-state index contributed by atoms with van der Waals surface area (Å²) in [5, 5.41) is 3.14. The van der Waals surface area contributed by atoms with Crippen molar-refractivity contribution in [3.05, 3.63) is 28.7 Å². The Hall–Kier alpha value is -0.830. The summed E-state index contributed by atoms with van der Waals surface area (Å²) in [6, 6.07) is 7.90. The third-order valence-electron chi connectivity index (χ3n) is 5.64. The molecule has 0 aromatic heterocycles. The largest absolute Gasteiger partial charge is 0.326 e. The van der Waals surface area contributed by atoms with Crippen LogP contribution in [0.15, 0.2) is 28.7 Å². The molecule has 4 fully saturated rings. The quantitative estimate of drug-likeness (QED) is 0.850. The van der Waals surface area contributed by atoms with Gasteiger partial charge in [-0.3, -0.25) is 4.79 Å². The van der Waals surface area contributed by atoms with Gasteiger partial charge in [-0.1, -0.05) is 15.9 Å². The van der Waals surface area contributed by atoms with E-state index >= 15 is 0 Å². The van der Waals surface area contributed by atoms with Gasteiger partial charge >= 0.3 is 0 Å². The molecule has 20 heavy (non-hydrogen) atoms. The van der Waals surface area contributed by atoms with Crippen LogP contribution >= 0.6 is 15.9 Å². The normalized spacial score (nSPS) is 38.0. The molecule has 4 saturated carbocycles. The zero-order chi connectivity index (χ0) is 13.7. The minimum Gasteiger partial charge on any atom is -0.326 e. The monoisotopic (exact) mass is 333 g/mol. The molecule has 0 heterocycles. The highest BCUT2D eigenvalue weighted by molar-refractivity contribution is 9.10. The average molecular weight is 334 g/mol. The van der Waals surface area contributed by atoms with E-state index in [9.17, 15) is 4.79 Å². The number of nitrogens with one attached hydrogen (secondary N) is 1. The summed E-state index contributed by atoms with van der Waals surface area (Å²) in [5.74, 6) is 3.69. The number of halogens is 1. The maximum absolute atomic E-state index is 12.7. The number of carbonyl (C=O) groups excluding carboxylic acids is 1. The molecule has 4 bridgehead atoms. The zero-order valence-electron chi connectivity index (χ0n) is 11.5. The Morgan fingerprint density at radius 1 is 0.950 bits per heavy atom. The highest BCUT2D eigenvalue weighted by Gasteiger charge is 2.50. The van der Waals surface area contributed by atoms with Gasteiger partial charge in [-0.05, 0) is 80.0 Å². The van der Waals surface area contributed by atoms with Crippen molar-refractivity contribution in [1.82, 2.24) is 0 Å². The van der Waals surface area contributed by atoms with Crippen LogP contribution in [0.2, 0.25) is 0 Å². The fourth-order valence-electron chi connectivity index (χ4n) is 5.11. The molecule has 0 atom stereocenters. The first-order chi connectivity index (χ1) is 9.69. The molecule has 5 rings (SSSR count). The molecule has 2 nitrogen and oxygen atoms in total. The van der Waals surface area contributed by atoms with Crippen molar-refractivity contribution < 1.29 is 4.79 Å². The second-order valence-electron chi connectivity index (χ2n) is 6.95. The van der Waals surface area contributed by atoms with Gasteiger partial charge in [-0.2, -0.15) is 0 Å². The molecule has 3 heteroatoms. The van der Waals surface area contributed by atoms with Crippen molar-refractivity contribution in [2.45, 2.75) is 32.1 Å². The first-order valence-electron chi connectivity index (χ1n) is 7.75. The van der Waals surface area contributed by atoms with Crippen molar-refractivity contribution >= 4 is 27.5 Å². The molecule has 0 radical (unpaired) electrons. The molecular weight excluding hydrogens is 314 g/mol. The van der Waals surface area contributed by atoms with Gasteiger partial charge in [0.15, 0.2) is 0 Å². The number of hydrogen-bond acceptors (Lipinski definition) is 1. The van der Waals surface area contributed by atoms with Crippen molar-refractivity contribution in [3.8, 4) is 0 Å². The Kier molecular flexibility index (Phi) is 3.13. The van der Waals surface area contributed by atoms with Gasteiger partial charge in [0.1, 0.15) is 0 Å². The molecule has 106 valence electrons. The highest BCUT2D eigenvalue weighted by Crippen LogP contribution is 2.56. The lowest BCUT2D eigenvalue weighted by molar-refractivity contribution is -0.132. The second kappa shape index (κ2) is 4.87. The highest BCUT2D eigenvalue weighted by atomic mass is 79.9. The van der Waals surface area contributed by atoms with E-state index in [0.717, 1.165) is 22.0 Å². The lowest BCUT2D eigenvalue weighted by Gasteiger charge is -2.53. The van der Waals surface area contributed by atoms with Gasteiger partial charge in [0.05, 0.1) is 0 Å². The van der Waals surface area contributed by atoms with Gasteiger partial charge in [0, 0.05) is 16.1 Å². The van der Waals surface area contributed by atoms with Crippen LogP contribution in [0.4, 0.5) is 5.69 Å². The minimum absolute atomic E-state index is 0.265. The van der Waals surface area contributed by atoms with Crippen LogP contribution in [0.5, 0.6) is 0 Å². The van der Waals surface area contributed by atoms with Crippen LogP contribution < -0.4 is 5.32 Å². The van der Waals surface area contributed by atoms with Gasteiger partial charge < -0.3 is 5.32 Å². The number of benzene rings is 1. The van der Waals surface area contributed by atoms with Crippen LogP contribution in [-0.4, -0.2) is 5.91 Å². The number of anilines is 1. The lowest BCUT2D eigenvalue weighted by atomic mass is 9.51. The molecule has 1 amide bonds. The molecule has 4 aliphatic carbocycles. The number of amides is 1. The van der Waals surface area contributed by atoms with E-state index in [1.807, 2.05) is 24.3 Å². The Balaban J connectivity index is 1.50. The van der Waals surface area contributed by atoms with Crippen molar-refractivity contribution in [2.24, 2.45) is 29.6 Å². The van der Waals surface area contributed by atoms with Crippen LogP contribution in [0.1, 0.15) is 32.1 Å². The Bertz CT molecular complexity index is 496. The van der Waals surface area contributed by atoms with Crippen molar-refractivity contribution in [1.29, 1.82) is 0 Å². The average Bonchev–Trinajstić information content (AvgIpc) is 2.40. The third-order valence-corrected chi connectivity index (χ3v) is 6.17. The van der Waals surface area contributed by atoms with E-state index in [-0.39, 0.29) is 11.8 Å². The van der Waals surface area contributed by atoms with Gasteiger partial charge in [0.25, 0.3) is 0 Å². The fourth-order valence-corrected chi connectivity index (χ4v) is 5.38. The van der Waals surface area contributed by atoms with E-state index in [1.54, 1.807) is 0 Å². The van der Waals surface area contributed by atoms with Crippen LogP contribution in [0.3, 0.4) is 0 Å². The maximum atomic E-state index is 12.7. The van der Waals surface area contributed by atoms with E-state index in [4.69, 9.17) is 0 Å². The van der Waals surface area contributed by atoms with Gasteiger partial charge in [-0.15, -0.1) is 0 Å². The smallest absolute Gasteiger partial charge is 0.228 e. The van der Waals surface area contributed by atoms with Crippen molar-refractivity contribution in [2.75, 3.05) is 5.32 Å². The van der Waals surface area contributed by atoms with Crippen LogP contribution in [0.25, 0.3) is 0 Å². The summed E-state index contributed by atoms with van der Waals surface area (Å²) in [7, 11) is 0. The first-order valence-corrected chi connectivity index (χ1v) is 8.55. The predicted molar refractivity (Wildman–Crippen MR) is 83.3 cm³/mol. The predicted octanol–water partition coefficient (Wildman–Crippen LogP) is 4.46. The third kappa shape index (κ3) is 2.20. The molecule has 0 saturated heterocycles. The summed E-state index contributed by atoms with van der Waals surface area (Å²) >= 11 is 3.43. The number of hydrogen-bond donors (Lipinski definition) is 1. The van der Waals surface area contributed by atoms with E-state index < -0.39 is 0 Å². The SMILES string of the molecule is O=C(Nc1ccc(Br)cc1)C1C2CC3CC(C2)CC1C3. The second-order valence-corrected chi connectivity index (χ2v) is 7.87. The van der Waals surface area contributed by atoms with Gasteiger partial charge in [-0.25, -0.2) is 0 Å². The summed E-state index contributed by atoms with van der Waals surface area (Å²) in [4.78, 5) is 12.7. The molecule has 0 aliphatic heterocycles. The number of rotatable bonds is 2. The molecule has 4 aliphatic rings. The molecule has 1 aromatic rings. The molecule has 0 unspecified atom stereocenters. The summed E-state index contributed by atoms with van der Waals surface area (Å²) in [6.45, 7) is 0. The van der Waals surface area contributed by atoms with E-state index in [0.29, 0.717) is 11.8 Å². The van der Waals surface area contributed by atoms with Crippen molar-refractivity contribution in [3.63, 3.8) is 0 Å². The standard InChI is InChI=1S/C17H20BrNO/c18-14-1-3-15(4-2-14)19-17(20)16-12-6-10-5-11(8-12)9-13(16)7-10/h1-4,10-13,16H,5-9H2,(H,19,20). The Morgan fingerprint density at radius 2 is 1.50 bits per heavy atom. The first kappa shape index (κ1) is 12.9. The number of carbonyl (C=O) groups is 1. The van der Waals surface area contributed by atoms with E-state index in [1.165, 1.54) is 32.1 Å². The summed E-state index contributed by atoms with van der Waals surface area (Å²) < 4.78 is 1.05. The molecule has 1 aromatic carbocycles. The molecular formula is C17H20BrNO.